The van der Waals surface area contributed by atoms with Gasteiger partial charge in [0.15, 0.2) is 0 Å². The summed E-state index contributed by atoms with van der Waals surface area (Å²) in [5.74, 6) is 0.133. The molecule has 1 aliphatic heterocycles. The molecule has 0 spiro atoms. The van der Waals surface area contributed by atoms with E-state index in [0.29, 0.717) is 6.54 Å². The quantitative estimate of drug-likeness (QED) is 0.790. The molecule has 124 valence electrons. The van der Waals surface area contributed by atoms with Crippen LogP contribution in [0.1, 0.15) is 16.7 Å². The summed E-state index contributed by atoms with van der Waals surface area (Å²) >= 11 is 0. The molecular formula is C22H20N2O. The number of carbonyl (C=O) groups excluding carboxylic acids is 1. The topological polar surface area (TPSA) is 32.3 Å². The standard InChI is InChI=1S/C22H20N2O/c25-21(24-13-12-15-4-1-2-7-20(15)24)14-23-19-11-10-17-9-8-16-5-3-6-18(19)22(16)17/h1-7,10-11,23H,8-9,12-14H2. The number of hydrogen-bond donors (Lipinski definition) is 1. The molecule has 0 saturated carbocycles. The van der Waals surface area contributed by atoms with E-state index in [9.17, 15) is 4.79 Å². The molecule has 1 amide bonds. The molecule has 25 heavy (non-hydrogen) atoms. The van der Waals surface area contributed by atoms with Crippen LogP contribution in [-0.4, -0.2) is 19.0 Å². The normalized spacial score (nSPS) is 14.8. The van der Waals surface area contributed by atoms with Gasteiger partial charge in [0.25, 0.3) is 0 Å². The number of fused-ring (bicyclic) bond motifs is 1. The fourth-order valence-electron chi connectivity index (χ4n) is 4.26. The monoisotopic (exact) mass is 328 g/mol. The van der Waals surface area contributed by atoms with Gasteiger partial charge < -0.3 is 10.2 Å². The minimum Gasteiger partial charge on any atom is -0.376 e. The second kappa shape index (κ2) is 5.62. The Morgan fingerprint density at radius 3 is 2.60 bits per heavy atom. The first-order valence-corrected chi connectivity index (χ1v) is 8.97. The zero-order valence-corrected chi connectivity index (χ0v) is 14.1. The first kappa shape index (κ1) is 14.5. The van der Waals surface area contributed by atoms with Gasteiger partial charge in [0.1, 0.15) is 0 Å². The summed E-state index contributed by atoms with van der Waals surface area (Å²) in [6.45, 7) is 1.11. The number of anilines is 2. The van der Waals surface area contributed by atoms with Gasteiger partial charge in [-0.15, -0.1) is 0 Å². The van der Waals surface area contributed by atoms with Crippen LogP contribution in [0.3, 0.4) is 0 Å². The van der Waals surface area contributed by atoms with Crippen LogP contribution in [0.4, 0.5) is 11.4 Å². The second-order valence-electron chi connectivity index (χ2n) is 6.89. The lowest BCUT2D eigenvalue weighted by molar-refractivity contribution is -0.116. The number of carbonyl (C=O) groups is 1. The number of nitrogens with zero attached hydrogens (tertiary/aromatic N) is 1. The Kier molecular flexibility index (Phi) is 3.27. The fraction of sp³-hybridized carbons (Fsp3) is 0.227. The molecule has 1 heterocycles. The van der Waals surface area contributed by atoms with Crippen LogP contribution in [0.5, 0.6) is 0 Å². The van der Waals surface area contributed by atoms with Gasteiger partial charge in [-0.25, -0.2) is 0 Å². The first-order chi connectivity index (χ1) is 12.3. The highest BCUT2D eigenvalue weighted by Crippen LogP contribution is 2.35. The van der Waals surface area contributed by atoms with E-state index in [1.165, 1.54) is 27.5 Å². The number of hydrogen-bond acceptors (Lipinski definition) is 2. The van der Waals surface area contributed by atoms with Crippen LogP contribution in [0, 0.1) is 0 Å². The minimum absolute atomic E-state index is 0.133. The average Bonchev–Trinajstić information content (AvgIpc) is 3.26. The largest absolute Gasteiger partial charge is 0.376 e. The molecular weight excluding hydrogens is 308 g/mol. The van der Waals surface area contributed by atoms with Crippen molar-refractivity contribution < 1.29 is 4.79 Å². The van der Waals surface area contributed by atoms with Crippen LogP contribution >= 0.6 is 0 Å². The molecule has 0 radical (unpaired) electrons. The molecule has 2 aliphatic rings. The molecule has 0 saturated heterocycles. The van der Waals surface area contributed by atoms with E-state index in [4.69, 9.17) is 0 Å². The number of para-hydroxylation sites is 1. The van der Waals surface area contributed by atoms with Crippen LogP contribution in [-0.2, 0) is 24.1 Å². The molecule has 0 atom stereocenters. The maximum absolute atomic E-state index is 12.7. The molecule has 0 aromatic heterocycles. The van der Waals surface area contributed by atoms with Crippen molar-refractivity contribution >= 4 is 28.1 Å². The highest BCUT2D eigenvalue weighted by Gasteiger charge is 2.24. The van der Waals surface area contributed by atoms with Crippen LogP contribution in [0.25, 0.3) is 10.8 Å². The molecule has 5 rings (SSSR count). The van der Waals surface area contributed by atoms with Gasteiger partial charge in [0, 0.05) is 23.3 Å². The van der Waals surface area contributed by atoms with Crippen LogP contribution < -0.4 is 10.2 Å². The average molecular weight is 328 g/mol. The zero-order valence-electron chi connectivity index (χ0n) is 14.1. The van der Waals surface area contributed by atoms with Crippen LogP contribution in [0.15, 0.2) is 54.6 Å². The predicted molar refractivity (Wildman–Crippen MR) is 102 cm³/mol. The number of benzene rings is 3. The molecule has 0 fully saturated rings. The van der Waals surface area contributed by atoms with Crippen molar-refractivity contribution in [1.29, 1.82) is 0 Å². The molecule has 3 heteroatoms. The SMILES string of the molecule is O=C(CNc1ccc2c3c(cccc13)CC2)N1CCc2ccccc21. The third-order valence-corrected chi connectivity index (χ3v) is 5.50. The maximum Gasteiger partial charge on any atom is 0.246 e. The maximum atomic E-state index is 12.7. The van der Waals surface area contributed by atoms with Crippen molar-refractivity contribution in [3.05, 3.63) is 71.3 Å². The van der Waals surface area contributed by atoms with Gasteiger partial charge in [-0.05, 0) is 53.5 Å². The van der Waals surface area contributed by atoms with E-state index >= 15 is 0 Å². The summed E-state index contributed by atoms with van der Waals surface area (Å²) in [4.78, 5) is 14.6. The Hall–Kier alpha value is -2.81. The minimum atomic E-state index is 0.133. The summed E-state index contributed by atoms with van der Waals surface area (Å²) in [6, 6.07) is 19.0. The smallest absolute Gasteiger partial charge is 0.246 e. The lowest BCUT2D eigenvalue weighted by Crippen LogP contribution is -2.34. The van der Waals surface area contributed by atoms with E-state index in [1.807, 2.05) is 23.1 Å². The Morgan fingerprint density at radius 1 is 0.880 bits per heavy atom. The predicted octanol–water partition coefficient (Wildman–Crippen LogP) is 3.94. The summed E-state index contributed by atoms with van der Waals surface area (Å²) in [7, 11) is 0. The number of nitrogens with one attached hydrogen (secondary N) is 1. The summed E-state index contributed by atoms with van der Waals surface area (Å²) in [5.41, 5.74) is 6.24. The number of aryl methyl sites for hydroxylation is 2. The van der Waals surface area contributed by atoms with Gasteiger partial charge in [0.05, 0.1) is 6.54 Å². The number of amides is 1. The molecule has 1 N–H and O–H groups in total. The van der Waals surface area contributed by atoms with E-state index in [1.54, 1.807) is 0 Å². The molecule has 3 nitrogen and oxygen atoms in total. The van der Waals surface area contributed by atoms with Crippen molar-refractivity contribution in [3.8, 4) is 0 Å². The van der Waals surface area contributed by atoms with Crippen molar-refractivity contribution in [1.82, 2.24) is 0 Å². The van der Waals surface area contributed by atoms with Crippen molar-refractivity contribution in [2.75, 3.05) is 23.3 Å². The third kappa shape index (κ3) is 2.30. The Bertz CT molecular complexity index is 982. The van der Waals surface area contributed by atoms with Crippen molar-refractivity contribution in [2.24, 2.45) is 0 Å². The van der Waals surface area contributed by atoms with Gasteiger partial charge in [-0.3, -0.25) is 4.79 Å². The molecule has 0 bridgehead atoms. The molecule has 3 aromatic carbocycles. The van der Waals surface area contributed by atoms with Gasteiger partial charge in [-0.2, -0.15) is 0 Å². The van der Waals surface area contributed by atoms with E-state index < -0.39 is 0 Å². The Balaban J connectivity index is 1.39. The second-order valence-corrected chi connectivity index (χ2v) is 6.89. The van der Waals surface area contributed by atoms with E-state index in [-0.39, 0.29) is 5.91 Å². The first-order valence-electron chi connectivity index (χ1n) is 8.97. The molecule has 0 unspecified atom stereocenters. The molecule has 3 aromatic rings. The fourth-order valence-corrected chi connectivity index (χ4v) is 4.26. The van der Waals surface area contributed by atoms with Gasteiger partial charge in [0.2, 0.25) is 5.91 Å². The third-order valence-electron chi connectivity index (χ3n) is 5.50. The highest BCUT2D eigenvalue weighted by molar-refractivity contribution is 6.02. The lowest BCUT2D eigenvalue weighted by Gasteiger charge is -2.18. The summed E-state index contributed by atoms with van der Waals surface area (Å²) in [5, 5.41) is 6.01. The van der Waals surface area contributed by atoms with Gasteiger partial charge in [-0.1, -0.05) is 42.5 Å². The van der Waals surface area contributed by atoms with Gasteiger partial charge >= 0.3 is 0 Å². The van der Waals surface area contributed by atoms with E-state index in [0.717, 1.165) is 37.2 Å². The highest BCUT2D eigenvalue weighted by atomic mass is 16.2. The Labute approximate surface area is 147 Å². The van der Waals surface area contributed by atoms with Crippen molar-refractivity contribution in [2.45, 2.75) is 19.3 Å². The van der Waals surface area contributed by atoms with Crippen molar-refractivity contribution in [3.63, 3.8) is 0 Å². The van der Waals surface area contributed by atoms with Crippen LogP contribution in [0.2, 0.25) is 0 Å². The van der Waals surface area contributed by atoms with E-state index in [2.05, 4.69) is 41.7 Å². The summed E-state index contributed by atoms with van der Waals surface area (Å²) in [6.07, 6.45) is 3.20. The number of rotatable bonds is 3. The molecule has 1 aliphatic carbocycles. The lowest BCUT2D eigenvalue weighted by atomic mass is 10.0. The Morgan fingerprint density at radius 2 is 1.68 bits per heavy atom. The summed E-state index contributed by atoms with van der Waals surface area (Å²) < 4.78 is 0. The zero-order chi connectivity index (χ0) is 16.8.